The number of benzene rings is 2. The predicted octanol–water partition coefficient (Wildman–Crippen LogP) is 3.94. The Kier molecular flexibility index (Phi) is 6.80. The standard InChI is InChI=1S/C20H22N4O2.2ClH/c1-20(2)23-19(21)22-12-24(20)16-8-5-14(6-9-16)3-4-15-7-10-17-18(11-15)26-13-25-17;;/h5-12H,3-4,13H2,1-2H3,(H2,21,23);2*1H. The van der Waals surface area contributed by atoms with E-state index in [0.717, 1.165) is 30.0 Å². The third-order valence-electron chi connectivity index (χ3n) is 4.64. The average molecular weight is 423 g/mol. The molecule has 0 atom stereocenters. The van der Waals surface area contributed by atoms with Crippen molar-refractivity contribution in [3.63, 3.8) is 0 Å². The van der Waals surface area contributed by atoms with E-state index < -0.39 is 5.66 Å². The summed E-state index contributed by atoms with van der Waals surface area (Å²) in [5.41, 5.74) is 8.83. The fourth-order valence-corrected chi connectivity index (χ4v) is 3.21. The lowest BCUT2D eigenvalue weighted by atomic mass is 10.0. The van der Waals surface area contributed by atoms with Crippen molar-refractivity contribution in [1.29, 1.82) is 0 Å². The number of aliphatic imine (C=N–C) groups is 2. The molecule has 2 N–H and O–H groups in total. The summed E-state index contributed by atoms with van der Waals surface area (Å²) in [4.78, 5) is 10.5. The van der Waals surface area contributed by atoms with Gasteiger partial charge < -0.3 is 20.1 Å². The van der Waals surface area contributed by atoms with Gasteiger partial charge in [-0.25, -0.2) is 9.98 Å². The SMILES string of the molecule is CC1(C)N=C(N)N=CN1c1ccc(CCc2ccc3c(c2)OCO3)cc1.Cl.Cl. The summed E-state index contributed by atoms with van der Waals surface area (Å²) >= 11 is 0. The Morgan fingerprint density at radius 1 is 0.964 bits per heavy atom. The Hall–Kier alpha value is -2.44. The maximum absolute atomic E-state index is 5.71. The summed E-state index contributed by atoms with van der Waals surface area (Å²) < 4.78 is 10.8. The number of nitrogens with two attached hydrogens (primary N) is 1. The number of halogens is 2. The molecule has 2 aliphatic rings. The van der Waals surface area contributed by atoms with Crippen LogP contribution in [-0.2, 0) is 12.8 Å². The second-order valence-electron chi connectivity index (χ2n) is 6.93. The summed E-state index contributed by atoms with van der Waals surface area (Å²) in [5.74, 6) is 1.98. The van der Waals surface area contributed by atoms with Crippen molar-refractivity contribution in [3.8, 4) is 11.5 Å². The lowest BCUT2D eigenvalue weighted by Crippen LogP contribution is -2.46. The lowest BCUT2D eigenvalue weighted by Gasteiger charge is -2.35. The molecule has 150 valence electrons. The normalized spacial score (nSPS) is 16.1. The molecular weight excluding hydrogens is 399 g/mol. The van der Waals surface area contributed by atoms with Gasteiger partial charge in [-0.3, -0.25) is 0 Å². The maximum atomic E-state index is 5.71. The first-order valence-electron chi connectivity index (χ1n) is 8.68. The predicted molar refractivity (Wildman–Crippen MR) is 118 cm³/mol. The molecular formula is C20H24Cl2N4O2. The van der Waals surface area contributed by atoms with Gasteiger partial charge in [-0.2, -0.15) is 0 Å². The van der Waals surface area contributed by atoms with Gasteiger partial charge in [-0.1, -0.05) is 18.2 Å². The van der Waals surface area contributed by atoms with Crippen LogP contribution in [0.3, 0.4) is 0 Å². The molecule has 28 heavy (non-hydrogen) atoms. The van der Waals surface area contributed by atoms with Crippen LogP contribution in [0.1, 0.15) is 25.0 Å². The largest absolute Gasteiger partial charge is 0.454 e. The van der Waals surface area contributed by atoms with Crippen LogP contribution < -0.4 is 20.1 Å². The third kappa shape index (κ3) is 4.51. The van der Waals surface area contributed by atoms with E-state index in [1.165, 1.54) is 11.1 Å². The number of anilines is 1. The van der Waals surface area contributed by atoms with Gasteiger partial charge in [0.25, 0.3) is 0 Å². The van der Waals surface area contributed by atoms with Gasteiger partial charge in [0.05, 0.1) is 0 Å². The van der Waals surface area contributed by atoms with Gasteiger partial charge in [-0.15, -0.1) is 24.8 Å². The lowest BCUT2D eigenvalue weighted by molar-refractivity contribution is 0.174. The fourth-order valence-electron chi connectivity index (χ4n) is 3.21. The third-order valence-corrected chi connectivity index (χ3v) is 4.64. The Bertz CT molecular complexity index is 882. The minimum Gasteiger partial charge on any atom is -0.454 e. The molecule has 4 rings (SSSR count). The number of hydrogen-bond donors (Lipinski definition) is 1. The zero-order valence-corrected chi connectivity index (χ0v) is 17.4. The molecule has 2 aliphatic heterocycles. The van der Waals surface area contributed by atoms with Crippen LogP contribution in [0, 0.1) is 0 Å². The molecule has 0 radical (unpaired) electrons. The van der Waals surface area contributed by atoms with E-state index in [4.69, 9.17) is 15.2 Å². The zero-order valence-electron chi connectivity index (χ0n) is 15.8. The van der Waals surface area contributed by atoms with Crippen molar-refractivity contribution in [2.75, 3.05) is 11.7 Å². The quantitative estimate of drug-likeness (QED) is 0.809. The molecule has 2 aromatic rings. The molecule has 0 saturated carbocycles. The number of rotatable bonds is 4. The van der Waals surface area contributed by atoms with E-state index in [-0.39, 0.29) is 24.8 Å². The van der Waals surface area contributed by atoms with Crippen LogP contribution in [0.2, 0.25) is 0 Å². The molecule has 0 aromatic heterocycles. The highest BCUT2D eigenvalue weighted by Crippen LogP contribution is 2.33. The Labute approximate surface area is 177 Å². The Morgan fingerprint density at radius 3 is 2.32 bits per heavy atom. The van der Waals surface area contributed by atoms with E-state index >= 15 is 0 Å². The maximum Gasteiger partial charge on any atom is 0.231 e. The Morgan fingerprint density at radius 2 is 1.61 bits per heavy atom. The minimum atomic E-state index is -0.445. The summed E-state index contributed by atoms with van der Waals surface area (Å²) in [6.07, 6.45) is 3.65. The highest BCUT2D eigenvalue weighted by atomic mass is 35.5. The summed E-state index contributed by atoms with van der Waals surface area (Å²) in [5, 5.41) is 0. The molecule has 2 heterocycles. The number of ether oxygens (including phenoxy) is 2. The molecule has 0 fully saturated rings. The number of aryl methyl sites for hydroxylation is 2. The molecule has 0 amide bonds. The average Bonchev–Trinajstić information content (AvgIpc) is 3.07. The fraction of sp³-hybridized carbons (Fsp3) is 0.300. The molecule has 0 bridgehead atoms. The molecule has 8 heteroatoms. The smallest absolute Gasteiger partial charge is 0.231 e. The van der Waals surface area contributed by atoms with Crippen LogP contribution in [0.15, 0.2) is 52.4 Å². The van der Waals surface area contributed by atoms with Crippen LogP contribution in [0.25, 0.3) is 0 Å². The van der Waals surface area contributed by atoms with Crippen molar-refractivity contribution in [2.24, 2.45) is 15.7 Å². The van der Waals surface area contributed by atoms with Crippen LogP contribution in [0.4, 0.5) is 5.69 Å². The van der Waals surface area contributed by atoms with Crippen molar-refractivity contribution in [1.82, 2.24) is 0 Å². The van der Waals surface area contributed by atoms with Crippen LogP contribution in [0.5, 0.6) is 11.5 Å². The summed E-state index contributed by atoms with van der Waals surface area (Å²) in [6, 6.07) is 14.6. The van der Waals surface area contributed by atoms with E-state index in [1.54, 1.807) is 6.34 Å². The van der Waals surface area contributed by atoms with Crippen molar-refractivity contribution >= 4 is 42.8 Å². The second kappa shape index (κ2) is 8.71. The first kappa shape index (κ1) is 21.9. The molecule has 0 spiro atoms. The van der Waals surface area contributed by atoms with Gasteiger partial charge in [0.1, 0.15) is 12.0 Å². The number of hydrogen-bond acceptors (Lipinski definition) is 6. The zero-order chi connectivity index (χ0) is 18.1. The molecule has 0 aliphatic carbocycles. The van der Waals surface area contributed by atoms with Gasteiger partial charge in [0.2, 0.25) is 12.8 Å². The van der Waals surface area contributed by atoms with Gasteiger partial charge >= 0.3 is 0 Å². The van der Waals surface area contributed by atoms with E-state index in [0.29, 0.717) is 12.8 Å². The second-order valence-corrected chi connectivity index (χ2v) is 6.93. The highest BCUT2D eigenvalue weighted by Gasteiger charge is 2.28. The van der Waals surface area contributed by atoms with E-state index in [1.807, 2.05) is 24.8 Å². The summed E-state index contributed by atoms with van der Waals surface area (Å²) in [6.45, 7) is 4.34. The molecule has 6 nitrogen and oxygen atoms in total. The first-order chi connectivity index (χ1) is 12.5. The topological polar surface area (TPSA) is 72.4 Å². The highest BCUT2D eigenvalue weighted by molar-refractivity contribution is 5.95. The first-order valence-corrected chi connectivity index (χ1v) is 8.68. The van der Waals surface area contributed by atoms with Crippen molar-refractivity contribution in [2.45, 2.75) is 32.4 Å². The number of guanidine groups is 1. The molecule has 0 unspecified atom stereocenters. The number of fused-ring (bicyclic) bond motifs is 1. The van der Waals surface area contributed by atoms with Gasteiger partial charge in [0, 0.05) is 5.69 Å². The van der Waals surface area contributed by atoms with Gasteiger partial charge in [-0.05, 0) is 62.1 Å². The minimum absolute atomic E-state index is 0. The van der Waals surface area contributed by atoms with Gasteiger partial charge in [0.15, 0.2) is 11.5 Å². The Balaban J connectivity index is 0.00000140. The summed E-state index contributed by atoms with van der Waals surface area (Å²) in [7, 11) is 0. The van der Waals surface area contributed by atoms with Crippen molar-refractivity contribution in [3.05, 3.63) is 53.6 Å². The monoisotopic (exact) mass is 422 g/mol. The molecule has 2 aromatic carbocycles. The van der Waals surface area contributed by atoms with Crippen LogP contribution >= 0.6 is 24.8 Å². The van der Waals surface area contributed by atoms with Crippen LogP contribution in [-0.4, -0.2) is 24.8 Å². The van der Waals surface area contributed by atoms with Crippen molar-refractivity contribution < 1.29 is 9.47 Å². The number of nitrogens with zero attached hydrogens (tertiary/aromatic N) is 3. The van der Waals surface area contributed by atoms with E-state index in [9.17, 15) is 0 Å². The van der Waals surface area contributed by atoms with E-state index in [2.05, 4.69) is 46.4 Å². The molecule has 0 saturated heterocycles.